The normalized spacial score (nSPS) is 10.9. The van der Waals surface area contributed by atoms with E-state index in [4.69, 9.17) is 28.3 Å². The number of nitrogen functional groups attached to an aromatic ring is 4. The number of benzene rings is 1. The summed E-state index contributed by atoms with van der Waals surface area (Å²) in [6.07, 6.45) is 0. The van der Waals surface area contributed by atoms with Gasteiger partial charge in [0.1, 0.15) is 0 Å². The molecule has 0 heterocycles. The molecule has 0 aliphatic rings. The molecule has 5 heteroatoms. The molecule has 0 spiro atoms. The predicted molar refractivity (Wildman–Crippen MR) is 57.8 cm³/mol. The summed E-state index contributed by atoms with van der Waals surface area (Å²) < 4.78 is 0. The Morgan fingerprint density at radius 1 is 0.857 bits per heavy atom. The summed E-state index contributed by atoms with van der Waals surface area (Å²) in [4.78, 5) is 0. The lowest BCUT2D eigenvalue weighted by Crippen LogP contribution is -1.98. The number of nitrogens with one attached hydrogen (secondary N) is 1. The minimum Gasteiger partial charge on any atom is -0.399 e. The number of nitrogens with two attached hydrogens (primary N) is 4. The van der Waals surface area contributed by atoms with Crippen molar-refractivity contribution < 1.29 is 0 Å². The van der Waals surface area contributed by atoms with Crippen molar-refractivity contribution in [3.05, 3.63) is 17.5 Å². The Labute approximate surface area is 80.5 Å². The first-order valence-corrected chi connectivity index (χ1v) is 4.06. The molecule has 0 aliphatic heterocycles. The maximum atomic E-state index is 7.42. The second-order valence-electron chi connectivity index (χ2n) is 3.24. The first-order chi connectivity index (χ1) is 6.52. The van der Waals surface area contributed by atoms with Gasteiger partial charge >= 0.3 is 0 Å². The highest BCUT2D eigenvalue weighted by Crippen LogP contribution is 2.38. The molecular weight excluding hydrogens is 178 g/mol. The van der Waals surface area contributed by atoms with E-state index in [1.165, 1.54) is 0 Å². The first-order valence-electron chi connectivity index (χ1n) is 4.06. The van der Waals surface area contributed by atoms with Crippen LogP contribution in [0.2, 0.25) is 0 Å². The van der Waals surface area contributed by atoms with E-state index in [9.17, 15) is 0 Å². The first kappa shape index (κ1) is 8.43. The third-order valence-electron chi connectivity index (χ3n) is 2.20. The maximum absolute atomic E-state index is 7.42. The molecule has 72 valence electrons. The summed E-state index contributed by atoms with van der Waals surface area (Å²) in [6.45, 7) is 0. The second-order valence-corrected chi connectivity index (χ2v) is 3.24. The lowest BCUT2D eigenvalue weighted by molar-refractivity contribution is 1.37. The molecule has 0 aromatic heterocycles. The number of rotatable bonds is 1. The van der Waals surface area contributed by atoms with Crippen LogP contribution in [0.3, 0.4) is 0 Å². The molecule has 0 bridgehead atoms. The van der Waals surface area contributed by atoms with Crippen LogP contribution >= 0.6 is 0 Å². The van der Waals surface area contributed by atoms with E-state index in [1.807, 2.05) is 0 Å². The van der Waals surface area contributed by atoms with Crippen molar-refractivity contribution in [2.24, 2.45) is 0 Å². The van der Waals surface area contributed by atoms with Gasteiger partial charge in [0.05, 0.1) is 11.0 Å². The molecule has 0 amide bonds. The Kier molecular flexibility index (Phi) is 1.45. The minimum absolute atomic E-state index is 0.313. The molecule has 0 unspecified atom stereocenters. The van der Waals surface area contributed by atoms with Gasteiger partial charge in [-0.25, -0.2) is 0 Å². The van der Waals surface area contributed by atoms with Gasteiger partial charge in [-0.05, 0) is 12.1 Å². The third-order valence-corrected chi connectivity index (χ3v) is 2.20. The highest BCUT2D eigenvalue weighted by molar-refractivity contribution is 5.99. The molecule has 5 nitrogen and oxygen atoms in total. The second kappa shape index (κ2) is 2.41. The molecule has 0 saturated heterocycles. The molecule has 0 radical (unpaired) electrons. The third kappa shape index (κ3) is 0.990. The van der Waals surface area contributed by atoms with Crippen LogP contribution in [0.4, 0.5) is 22.7 Å². The van der Waals surface area contributed by atoms with Gasteiger partial charge in [-0.1, -0.05) is 0 Å². The van der Waals surface area contributed by atoms with Gasteiger partial charge in [-0.15, -0.1) is 0 Å². The van der Waals surface area contributed by atoms with Gasteiger partial charge in [0, 0.05) is 28.2 Å². The smallest absolute Gasteiger partial charge is 0.0877 e. The van der Waals surface area contributed by atoms with Crippen LogP contribution < -0.4 is 28.3 Å². The van der Waals surface area contributed by atoms with Gasteiger partial charge in [0.2, 0.25) is 0 Å². The van der Waals surface area contributed by atoms with E-state index >= 15 is 0 Å². The van der Waals surface area contributed by atoms with Crippen LogP contribution in [0.5, 0.6) is 0 Å². The van der Waals surface area contributed by atoms with Crippen LogP contribution in [-0.4, -0.2) is 0 Å². The van der Waals surface area contributed by atoms with Crippen molar-refractivity contribution in [3.8, 4) is 11.1 Å². The van der Waals surface area contributed by atoms with Crippen LogP contribution in [0.25, 0.3) is 11.1 Å². The van der Waals surface area contributed by atoms with Crippen LogP contribution in [0, 0.1) is 5.41 Å². The number of anilines is 4. The highest BCUT2D eigenvalue weighted by Gasteiger charge is 2.21. The van der Waals surface area contributed by atoms with Crippen LogP contribution in [0.15, 0.2) is 12.1 Å². The van der Waals surface area contributed by atoms with Gasteiger partial charge in [-0.3, -0.25) is 5.41 Å². The Morgan fingerprint density at radius 3 is 1.64 bits per heavy atom. The molecule has 0 saturated carbocycles. The fraction of sp³-hybridized carbons (Fsp3) is 0. The molecular formula is C9H11N5. The average Bonchev–Trinajstić information content (AvgIpc) is 2.60. The predicted octanol–water partition coefficient (Wildman–Crippen LogP) is 0.0375. The van der Waals surface area contributed by atoms with E-state index in [0.717, 1.165) is 0 Å². The molecule has 2 aromatic rings. The molecule has 0 fully saturated rings. The number of hydrogen-bond acceptors (Lipinski definition) is 5. The van der Waals surface area contributed by atoms with Gasteiger partial charge < -0.3 is 22.9 Å². The lowest BCUT2D eigenvalue weighted by atomic mass is 10.1. The standard InChI is InChI=1S/C9H11N5/c10-3-1-4(11)6(5(12)2-3)7-8(13)9(7)14/h1-2,13H,10-12,14H2. The molecule has 9 N–H and O–H groups in total. The van der Waals surface area contributed by atoms with Crippen molar-refractivity contribution >= 4 is 22.7 Å². The lowest BCUT2D eigenvalue weighted by Gasteiger charge is -2.06. The van der Waals surface area contributed by atoms with Crippen LogP contribution in [0.1, 0.15) is 0 Å². The molecule has 0 aliphatic carbocycles. The summed E-state index contributed by atoms with van der Waals surface area (Å²) in [5, 5.41) is 7.73. The van der Waals surface area contributed by atoms with E-state index < -0.39 is 0 Å². The average molecular weight is 189 g/mol. The summed E-state index contributed by atoms with van der Waals surface area (Å²) >= 11 is 0. The highest BCUT2D eigenvalue weighted by atomic mass is 14.7. The largest absolute Gasteiger partial charge is 0.399 e. The van der Waals surface area contributed by atoms with Gasteiger partial charge in [-0.2, -0.15) is 0 Å². The van der Waals surface area contributed by atoms with Crippen molar-refractivity contribution in [1.29, 1.82) is 5.41 Å². The fourth-order valence-corrected chi connectivity index (χ4v) is 1.46. The topological polar surface area (TPSA) is 128 Å². The summed E-state index contributed by atoms with van der Waals surface area (Å²) in [5.74, 6) is 0. The Balaban J connectivity index is 2.66. The Bertz CT molecular complexity index is 496. The Morgan fingerprint density at radius 2 is 1.29 bits per heavy atom. The van der Waals surface area contributed by atoms with Crippen molar-refractivity contribution in [1.82, 2.24) is 0 Å². The van der Waals surface area contributed by atoms with Crippen molar-refractivity contribution in [2.75, 3.05) is 22.9 Å². The molecule has 0 atom stereocenters. The zero-order valence-electron chi connectivity index (χ0n) is 7.46. The summed E-state index contributed by atoms with van der Waals surface area (Å²) in [6, 6.07) is 3.22. The summed E-state index contributed by atoms with van der Waals surface area (Å²) in [7, 11) is 0. The van der Waals surface area contributed by atoms with Crippen molar-refractivity contribution in [2.45, 2.75) is 0 Å². The summed E-state index contributed by atoms with van der Waals surface area (Å²) in [5.41, 5.74) is 25.7. The van der Waals surface area contributed by atoms with E-state index in [0.29, 0.717) is 39.2 Å². The zero-order chi connectivity index (χ0) is 10.5. The maximum Gasteiger partial charge on any atom is 0.0877 e. The van der Waals surface area contributed by atoms with E-state index in [-0.39, 0.29) is 0 Å². The molecule has 2 rings (SSSR count). The minimum atomic E-state index is 0.313. The van der Waals surface area contributed by atoms with Gasteiger partial charge in [0.15, 0.2) is 0 Å². The fourth-order valence-electron chi connectivity index (χ4n) is 1.46. The quantitative estimate of drug-likeness (QED) is 0.405. The van der Waals surface area contributed by atoms with Crippen LogP contribution in [-0.2, 0) is 0 Å². The van der Waals surface area contributed by atoms with Gasteiger partial charge in [0.25, 0.3) is 0 Å². The zero-order valence-corrected chi connectivity index (χ0v) is 7.46. The molecule has 2 aromatic carbocycles. The van der Waals surface area contributed by atoms with E-state index in [1.54, 1.807) is 12.1 Å². The van der Waals surface area contributed by atoms with E-state index in [2.05, 4.69) is 0 Å². The SMILES string of the molecule is N=c1c(N)c1-c1c(N)cc(N)cc1N. The van der Waals surface area contributed by atoms with Crippen molar-refractivity contribution in [3.63, 3.8) is 0 Å². The number of hydrogen-bond donors (Lipinski definition) is 5. The Hall–Kier alpha value is -2.17. The molecule has 14 heavy (non-hydrogen) atoms. The monoisotopic (exact) mass is 189 g/mol.